The Hall–Kier alpha value is -0.910. The molecule has 5 heteroatoms. The van der Waals surface area contributed by atoms with Crippen LogP contribution in [0.3, 0.4) is 0 Å². The predicted molar refractivity (Wildman–Crippen MR) is 46.7 cm³/mol. The quantitative estimate of drug-likeness (QED) is 0.666. The van der Waals surface area contributed by atoms with Gasteiger partial charge in [0, 0.05) is 11.8 Å². The molecule has 0 amide bonds. The molecule has 0 saturated carbocycles. The average molecular weight is 202 g/mol. The minimum atomic E-state index is -3.40. The second kappa shape index (κ2) is 3.45. The van der Waals surface area contributed by atoms with Crippen LogP contribution < -0.4 is 0 Å². The monoisotopic (exact) mass is 202 g/mol. The van der Waals surface area contributed by atoms with Crippen LogP contribution in [0, 0.1) is 0 Å². The Kier molecular flexibility index (Phi) is 2.70. The zero-order valence-corrected chi connectivity index (χ0v) is 7.82. The Morgan fingerprint density at radius 3 is 2.15 bits per heavy atom. The van der Waals surface area contributed by atoms with E-state index < -0.39 is 16.1 Å². The molecule has 0 atom stereocenters. The molecule has 0 fully saturated rings. The number of benzene rings is 1. The van der Waals surface area contributed by atoms with E-state index >= 15 is 0 Å². The maximum absolute atomic E-state index is 11.1. The van der Waals surface area contributed by atoms with E-state index in [1.54, 1.807) is 6.07 Å². The van der Waals surface area contributed by atoms with Gasteiger partial charge in [-0.15, -0.1) is 0 Å². The number of hydrogen-bond acceptors (Lipinski definition) is 4. The van der Waals surface area contributed by atoms with Crippen LogP contribution in [-0.2, 0) is 9.84 Å². The first-order valence-corrected chi connectivity index (χ1v) is 5.47. The second-order valence-electron chi connectivity index (χ2n) is 2.68. The van der Waals surface area contributed by atoms with E-state index in [4.69, 9.17) is 10.2 Å². The summed E-state index contributed by atoms with van der Waals surface area (Å²) in [6.07, 6.45) is -0.736. The van der Waals surface area contributed by atoms with Crippen LogP contribution in [0.5, 0.6) is 0 Å². The molecule has 13 heavy (non-hydrogen) atoms. The largest absolute Gasteiger partial charge is 0.364 e. The number of rotatable bonds is 2. The van der Waals surface area contributed by atoms with E-state index in [-0.39, 0.29) is 10.5 Å². The molecule has 0 aliphatic rings. The van der Waals surface area contributed by atoms with Crippen LogP contribution >= 0.6 is 0 Å². The summed E-state index contributed by atoms with van der Waals surface area (Å²) in [5.74, 6) is 0. The van der Waals surface area contributed by atoms with Gasteiger partial charge in [-0.05, 0) is 6.07 Å². The fourth-order valence-electron chi connectivity index (χ4n) is 1.03. The lowest BCUT2D eigenvalue weighted by Crippen LogP contribution is -2.05. The highest BCUT2D eigenvalue weighted by Gasteiger charge is 2.16. The summed E-state index contributed by atoms with van der Waals surface area (Å²) >= 11 is 0. The van der Waals surface area contributed by atoms with Crippen LogP contribution in [0.4, 0.5) is 0 Å². The molecular weight excluding hydrogens is 192 g/mol. The molecular formula is C8H10O4S. The smallest absolute Gasteiger partial charge is 0.179 e. The molecule has 0 unspecified atom stereocenters. The van der Waals surface area contributed by atoms with Gasteiger partial charge >= 0.3 is 0 Å². The van der Waals surface area contributed by atoms with Crippen molar-refractivity contribution in [2.75, 3.05) is 6.26 Å². The predicted octanol–water partition coefficient (Wildman–Crippen LogP) is 0.0733. The van der Waals surface area contributed by atoms with Crippen molar-refractivity contribution in [3.63, 3.8) is 0 Å². The summed E-state index contributed by atoms with van der Waals surface area (Å²) < 4.78 is 22.3. The highest BCUT2D eigenvalue weighted by atomic mass is 32.2. The van der Waals surface area contributed by atoms with Crippen molar-refractivity contribution in [3.8, 4) is 0 Å². The fourth-order valence-corrected chi connectivity index (χ4v) is 1.96. The molecule has 0 aliphatic heterocycles. The van der Waals surface area contributed by atoms with E-state index in [2.05, 4.69) is 0 Å². The summed E-state index contributed by atoms with van der Waals surface area (Å²) in [5.41, 5.74) is 0.00463. The van der Waals surface area contributed by atoms with Gasteiger partial charge in [0.25, 0.3) is 0 Å². The van der Waals surface area contributed by atoms with Gasteiger partial charge in [-0.3, -0.25) is 0 Å². The van der Waals surface area contributed by atoms with E-state index in [1.807, 2.05) is 0 Å². The lowest BCUT2D eigenvalue weighted by molar-refractivity contribution is -0.0446. The van der Waals surface area contributed by atoms with Gasteiger partial charge in [-0.2, -0.15) is 0 Å². The molecule has 2 N–H and O–H groups in total. The van der Waals surface area contributed by atoms with Gasteiger partial charge < -0.3 is 10.2 Å². The van der Waals surface area contributed by atoms with Gasteiger partial charge in [-0.25, -0.2) is 8.42 Å². The second-order valence-corrected chi connectivity index (χ2v) is 4.67. The van der Waals surface area contributed by atoms with Crippen molar-refractivity contribution >= 4 is 9.84 Å². The number of aliphatic hydroxyl groups excluding tert-OH is 1. The van der Waals surface area contributed by atoms with E-state index in [1.165, 1.54) is 18.2 Å². The Morgan fingerprint density at radius 2 is 1.77 bits per heavy atom. The van der Waals surface area contributed by atoms with E-state index in [0.29, 0.717) is 0 Å². The third-order valence-electron chi connectivity index (χ3n) is 1.60. The molecule has 0 bridgehead atoms. The minimum absolute atomic E-state index is 0.00463. The van der Waals surface area contributed by atoms with Crippen LogP contribution in [0.1, 0.15) is 11.9 Å². The van der Waals surface area contributed by atoms with E-state index in [0.717, 1.165) is 6.26 Å². The SMILES string of the molecule is CS(=O)(=O)c1ccccc1C(O)O. The normalized spacial score (nSPS) is 12.0. The Morgan fingerprint density at radius 1 is 1.23 bits per heavy atom. The van der Waals surface area contributed by atoms with Crippen LogP contribution in [0.15, 0.2) is 29.2 Å². The summed E-state index contributed by atoms with van der Waals surface area (Å²) in [6.45, 7) is 0. The Bertz CT molecular complexity index is 394. The van der Waals surface area contributed by atoms with Crippen molar-refractivity contribution in [2.24, 2.45) is 0 Å². The minimum Gasteiger partial charge on any atom is -0.364 e. The number of hydrogen-bond donors (Lipinski definition) is 2. The molecule has 1 aromatic rings. The van der Waals surface area contributed by atoms with Gasteiger partial charge in [0.15, 0.2) is 16.1 Å². The Balaban J connectivity index is 3.37. The van der Waals surface area contributed by atoms with Crippen molar-refractivity contribution in [1.82, 2.24) is 0 Å². The van der Waals surface area contributed by atoms with Crippen molar-refractivity contribution in [1.29, 1.82) is 0 Å². The topological polar surface area (TPSA) is 74.6 Å². The maximum Gasteiger partial charge on any atom is 0.179 e. The Labute approximate surface area is 76.4 Å². The average Bonchev–Trinajstić information content (AvgIpc) is 2.03. The summed E-state index contributed by atoms with van der Waals surface area (Å²) in [4.78, 5) is -0.0509. The molecule has 0 aromatic heterocycles. The highest BCUT2D eigenvalue weighted by molar-refractivity contribution is 7.90. The number of sulfone groups is 1. The van der Waals surface area contributed by atoms with Crippen molar-refractivity contribution in [2.45, 2.75) is 11.2 Å². The molecule has 0 radical (unpaired) electrons. The molecule has 0 saturated heterocycles. The maximum atomic E-state index is 11.1. The first kappa shape index (κ1) is 10.2. The number of aliphatic hydroxyl groups is 2. The molecule has 0 spiro atoms. The lowest BCUT2D eigenvalue weighted by Gasteiger charge is -2.08. The van der Waals surface area contributed by atoms with E-state index in [9.17, 15) is 8.42 Å². The zero-order valence-electron chi connectivity index (χ0n) is 7.01. The standard InChI is InChI=1S/C8H10O4S/c1-13(11,12)7-5-3-2-4-6(7)8(9)10/h2-5,8-10H,1H3. The summed E-state index contributed by atoms with van der Waals surface area (Å²) in [7, 11) is -3.40. The summed E-state index contributed by atoms with van der Waals surface area (Å²) in [5, 5.41) is 17.7. The van der Waals surface area contributed by atoms with Gasteiger partial charge in [-0.1, -0.05) is 18.2 Å². The molecule has 72 valence electrons. The van der Waals surface area contributed by atoms with Gasteiger partial charge in [0.05, 0.1) is 4.90 Å². The molecule has 0 aliphatic carbocycles. The highest BCUT2D eigenvalue weighted by Crippen LogP contribution is 2.20. The van der Waals surface area contributed by atoms with Gasteiger partial charge in [0.2, 0.25) is 0 Å². The molecule has 0 heterocycles. The van der Waals surface area contributed by atoms with Crippen LogP contribution in [-0.4, -0.2) is 24.9 Å². The zero-order chi connectivity index (χ0) is 10.1. The van der Waals surface area contributed by atoms with Crippen molar-refractivity contribution < 1.29 is 18.6 Å². The summed E-state index contributed by atoms with van der Waals surface area (Å²) in [6, 6.07) is 5.77. The van der Waals surface area contributed by atoms with Crippen LogP contribution in [0.25, 0.3) is 0 Å². The third kappa shape index (κ3) is 2.27. The van der Waals surface area contributed by atoms with Crippen LogP contribution in [0.2, 0.25) is 0 Å². The molecule has 1 aromatic carbocycles. The third-order valence-corrected chi connectivity index (χ3v) is 2.77. The molecule has 1 rings (SSSR count). The van der Waals surface area contributed by atoms with Crippen molar-refractivity contribution in [3.05, 3.63) is 29.8 Å². The first-order chi connectivity index (χ1) is 5.93. The fraction of sp³-hybridized carbons (Fsp3) is 0.250. The lowest BCUT2D eigenvalue weighted by atomic mass is 10.2. The first-order valence-electron chi connectivity index (χ1n) is 3.58. The van der Waals surface area contributed by atoms with Gasteiger partial charge in [0.1, 0.15) is 0 Å². The molecule has 4 nitrogen and oxygen atoms in total.